The second-order valence-electron chi connectivity index (χ2n) is 7.01. The van der Waals surface area contributed by atoms with Crippen molar-refractivity contribution in [3.05, 3.63) is 41.2 Å². The summed E-state index contributed by atoms with van der Waals surface area (Å²) in [5.74, 6) is -0.0710. The van der Waals surface area contributed by atoms with E-state index in [1.54, 1.807) is 33.2 Å². The van der Waals surface area contributed by atoms with Crippen LogP contribution in [0.4, 0.5) is 5.13 Å². The highest BCUT2D eigenvalue weighted by atomic mass is 32.1. The highest BCUT2D eigenvalue weighted by Gasteiger charge is 2.28. The van der Waals surface area contributed by atoms with Gasteiger partial charge in [-0.25, -0.2) is 4.98 Å². The molecule has 27 heavy (non-hydrogen) atoms. The van der Waals surface area contributed by atoms with Crippen LogP contribution in [-0.2, 0) is 11.3 Å². The van der Waals surface area contributed by atoms with Crippen LogP contribution in [0.3, 0.4) is 0 Å². The molecule has 3 heterocycles. The molecule has 1 unspecified atom stereocenters. The smallest absolute Gasteiger partial charge is 0.278 e. The average molecular weight is 385 g/mol. The molecule has 1 aliphatic rings. The maximum atomic E-state index is 13.4. The lowest BCUT2D eigenvalue weighted by molar-refractivity contribution is 0.0908. The molecule has 7 heteroatoms. The highest BCUT2D eigenvalue weighted by molar-refractivity contribution is 7.22. The largest absolute Gasteiger partial charge is 0.376 e. The van der Waals surface area contributed by atoms with Gasteiger partial charge in [-0.2, -0.15) is 5.10 Å². The molecule has 0 aliphatic carbocycles. The van der Waals surface area contributed by atoms with Crippen LogP contribution < -0.4 is 4.90 Å². The summed E-state index contributed by atoms with van der Waals surface area (Å²) in [5, 5.41) is 4.98. The Bertz CT molecular complexity index is 972. The third-order valence-electron chi connectivity index (χ3n) is 4.93. The van der Waals surface area contributed by atoms with Crippen molar-refractivity contribution < 1.29 is 9.53 Å². The third-order valence-corrected chi connectivity index (χ3v) is 6.16. The van der Waals surface area contributed by atoms with Gasteiger partial charge in [-0.1, -0.05) is 17.4 Å². The normalized spacial score (nSPS) is 16.9. The Labute approximate surface area is 162 Å². The van der Waals surface area contributed by atoms with Gasteiger partial charge in [-0.15, -0.1) is 0 Å². The number of ether oxygens (including phenoxy) is 1. The van der Waals surface area contributed by atoms with E-state index in [1.807, 2.05) is 6.92 Å². The van der Waals surface area contributed by atoms with E-state index >= 15 is 0 Å². The Morgan fingerprint density at radius 2 is 2.26 bits per heavy atom. The minimum absolute atomic E-state index is 0.0572. The van der Waals surface area contributed by atoms with Crippen LogP contribution in [-0.4, -0.2) is 39.9 Å². The Balaban J connectivity index is 1.75. The second kappa shape index (κ2) is 7.40. The topological polar surface area (TPSA) is 60.2 Å². The van der Waals surface area contributed by atoms with Gasteiger partial charge in [0.25, 0.3) is 5.91 Å². The van der Waals surface area contributed by atoms with E-state index < -0.39 is 0 Å². The molecule has 1 fully saturated rings. The predicted octanol–water partition coefficient (Wildman–Crippen LogP) is 3.96. The molecule has 0 saturated carbocycles. The van der Waals surface area contributed by atoms with E-state index in [0.717, 1.165) is 34.8 Å². The maximum absolute atomic E-state index is 13.4. The zero-order chi connectivity index (χ0) is 19.0. The monoisotopic (exact) mass is 384 g/mol. The predicted molar refractivity (Wildman–Crippen MR) is 108 cm³/mol. The first kappa shape index (κ1) is 18.1. The van der Waals surface area contributed by atoms with Gasteiger partial charge in [0.1, 0.15) is 5.69 Å². The number of benzene rings is 1. The number of thiazole rings is 1. The number of rotatable bonds is 5. The van der Waals surface area contributed by atoms with Crippen LogP contribution in [0.15, 0.2) is 24.4 Å². The summed E-state index contributed by atoms with van der Waals surface area (Å²) < 4.78 is 8.67. The number of aromatic nitrogens is 3. The van der Waals surface area contributed by atoms with Crippen molar-refractivity contribution in [2.24, 2.45) is 0 Å². The molecule has 0 spiro atoms. The first-order chi connectivity index (χ1) is 13.1. The number of hydrogen-bond acceptors (Lipinski definition) is 5. The van der Waals surface area contributed by atoms with Gasteiger partial charge < -0.3 is 4.74 Å². The number of amides is 1. The minimum Gasteiger partial charge on any atom is -0.376 e. The average Bonchev–Trinajstić information content (AvgIpc) is 3.38. The molecule has 6 nitrogen and oxygen atoms in total. The maximum Gasteiger partial charge on any atom is 0.278 e. The van der Waals surface area contributed by atoms with Crippen LogP contribution in [0.5, 0.6) is 0 Å². The molecule has 3 aromatic rings. The molecule has 1 saturated heterocycles. The molecule has 4 rings (SSSR count). The number of aryl methyl sites for hydroxylation is 3. The van der Waals surface area contributed by atoms with Crippen LogP contribution in [0, 0.1) is 13.8 Å². The number of fused-ring (bicyclic) bond motifs is 1. The molecule has 1 amide bonds. The van der Waals surface area contributed by atoms with Crippen molar-refractivity contribution >= 4 is 32.6 Å². The van der Waals surface area contributed by atoms with Gasteiger partial charge in [0, 0.05) is 19.3 Å². The molecule has 1 aliphatic heterocycles. The van der Waals surface area contributed by atoms with E-state index in [4.69, 9.17) is 9.72 Å². The Kier molecular flexibility index (Phi) is 4.97. The summed E-state index contributed by atoms with van der Waals surface area (Å²) >= 11 is 1.57. The van der Waals surface area contributed by atoms with Gasteiger partial charge in [0.15, 0.2) is 5.13 Å². The Morgan fingerprint density at radius 3 is 3.00 bits per heavy atom. The number of carbonyl (C=O) groups excluding carboxylic acids is 1. The van der Waals surface area contributed by atoms with E-state index in [1.165, 1.54) is 11.1 Å². The van der Waals surface area contributed by atoms with Gasteiger partial charge in [0.2, 0.25) is 0 Å². The molecule has 1 aromatic carbocycles. The van der Waals surface area contributed by atoms with Gasteiger partial charge in [0.05, 0.1) is 22.9 Å². The zero-order valence-corrected chi connectivity index (χ0v) is 16.8. The lowest BCUT2D eigenvalue weighted by Crippen LogP contribution is -2.38. The van der Waals surface area contributed by atoms with E-state index in [0.29, 0.717) is 18.8 Å². The first-order valence-electron chi connectivity index (χ1n) is 9.40. The van der Waals surface area contributed by atoms with E-state index in [9.17, 15) is 4.79 Å². The Hall–Kier alpha value is -2.25. The van der Waals surface area contributed by atoms with E-state index in [2.05, 4.69) is 31.1 Å². The quantitative estimate of drug-likeness (QED) is 0.668. The first-order valence-corrected chi connectivity index (χ1v) is 10.2. The molecular weight excluding hydrogens is 360 g/mol. The van der Waals surface area contributed by atoms with Crippen molar-refractivity contribution in [3.8, 4) is 0 Å². The van der Waals surface area contributed by atoms with Gasteiger partial charge in [-0.05, 0) is 56.9 Å². The van der Waals surface area contributed by atoms with Crippen LogP contribution in [0.25, 0.3) is 10.2 Å². The summed E-state index contributed by atoms with van der Waals surface area (Å²) in [7, 11) is 0. The fourth-order valence-electron chi connectivity index (χ4n) is 3.62. The molecule has 1 atom stereocenters. The Morgan fingerprint density at radius 1 is 1.41 bits per heavy atom. The zero-order valence-electron chi connectivity index (χ0n) is 15.9. The lowest BCUT2D eigenvalue weighted by Gasteiger charge is -2.23. The fraction of sp³-hybridized carbons (Fsp3) is 0.450. The number of anilines is 1. The number of hydrogen-bond donors (Lipinski definition) is 0. The fourth-order valence-corrected chi connectivity index (χ4v) is 4.65. The van der Waals surface area contributed by atoms with Crippen molar-refractivity contribution in [1.82, 2.24) is 14.8 Å². The van der Waals surface area contributed by atoms with Crippen molar-refractivity contribution in [1.29, 1.82) is 0 Å². The molecule has 142 valence electrons. The molecule has 0 N–H and O–H groups in total. The summed E-state index contributed by atoms with van der Waals surface area (Å²) in [6, 6.07) is 6.01. The number of nitrogens with zero attached hydrogens (tertiary/aromatic N) is 4. The van der Waals surface area contributed by atoms with Crippen LogP contribution in [0.1, 0.15) is 41.4 Å². The molecule has 0 radical (unpaired) electrons. The third kappa shape index (κ3) is 3.49. The molecule has 0 bridgehead atoms. The number of carbonyl (C=O) groups is 1. The van der Waals surface area contributed by atoms with Gasteiger partial charge in [-0.3, -0.25) is 14.4 Å². The molecule has 2 aromatic heterocycles. The van der Waals surface area contributed by atoms with Crippen LogP contribution in [0.2, 0.25) is 0 Å². The standard InChI is InChI=1S/C20H24N4O2S/c1-4-24-17(7-8-21-24)19(25)23(12-15-6-5-9-26-15)20-22-16-11-13(2)10-14(3)18(16)27-20/h7-8,10-11,15H,4-6,9,12H2,1-3H3. The summed E-state index contributed by atoms with van der Waals surface area (Å²) in [6.07, 6.45) is 3.74. The van der Waals surface area contributed by atoms with Crippen molar-refractivity contribution in [2.45, 2.75) is 46.3 Å². The summed E-state index contributed by atoms with van der Waals surface area (Å²) in [6.45, 7) is 8.08. The second-order valence-corrected chi connectivity index (χ2v) is 7.99. The minimum atomic E-state index is -0.0710. The van der Waals surface area contributed by atoms with E-state index in [-0.39, 0.29) is 12.0 Å². The molecular formula is C20H24N4O2S. The SMILES string of the molecule is CCn1nccc1C(=O)N(CC1CCCO1)c1nc2cc(C)cc(C)c2s1. The van der Waals surface area contributed by atoms with Gasteiger partial charge >= 0.3 is 0 Å². The highest BCUT2D eigenvalue weighted by Crippen LogP contribution is 2.33. The summed E-state index contributed by atoms with van der Waals surface area (Å²) in [5.41, 5.74) is 3.90. The lowest BCUT2D eigenvalue weighted by atomic mass is 10.1. The van der Waals surface area contributed by atoms with Crippen molar-refractivity contribution in [3.63, 3.8) is 0 Å². The summed E-state index contributed by atoms with van der Waals surface area (Å²) in [4.78, 5) is 20.0. The van der Waals surface area contributed by atoms with Crippen LogP contribution >= 0.6 is 11.3 Å². The van der Waals surface area contributed by atoms with Crippen molar-refractivity contribution in [2.75, 3.05) is 18.1 Å².